The molecule has 2 rings (SSSR count). The Morgan fingerprint density at radius 2 is 1.20 bits per heavy atom. The van der Waals surface area contributed by atoms with Gasteiger partial charge in [0.1, 0.15) is 12.2 Å². The van der Waals surface area contributed by atoms with Crippen molar-refractivity contribution in [1.82, 2.24) is 0 Å². The fraction of sp³-hybridized carbons (Fsp3) is 0.800. The van der Waals surface area contributed by atoms with Gasteiger partial charge in [0, 0.05) is 26.1 Å². The SMILES string of the molecule is CCOC(=O)C1CC(COCCCCOCC2C[C@H](C(=O)OCC)C(=O)O2)OC1=O. The molecule has 0 bridgehead atoms. The number of hydrogen-bond acceptors (Lipinski definition) is 10. The summed E-state index contributed by atoms with van der Waals surface area (Å²) in [5.74, 6) is -3.95. The van der Waals surface area contributed by atoms with Gasteiger partial charge in [0.25, 0.3) is 0 Å². The van der Waals surface area contributed by atoms with Crippen molar-refractivity contribution in [3.8, 4) is 0 Å². The maximum Gasteiger partial charge on any atom is 0.320 e. The first-order valence-corrected chi connectivity index (χ1v) is 10.4. The zero-order valence-corrected chi connectivity index (χ0v) is 17.5. The first kappa shape index (κ1) is 24.1. The highest BCUT2D eigenvalue weighted by Crippen LogP contribution is 2.24. The summed E-state index contributed by atoms with van der Waals surface area (Å²) in [7, 11) is 0. The molecule has 0 spiro atoms. The lowest BCUT2D eigenvalue weighted by Crippen LogP contribution is -2.21. The summed E-state index contributed by atoms with van der Waals surface area (Å²) in [6.07, 6.45) is 1.14. The molecule has 2 saturated heterocycles. The van der Waals surface area contributed by atoms with Gasteiger partial charge in [-0.25, -0.2) is 0 Å². The van der Waals surface area contributed by atoms with Gasteiger partial charge in [-0.2, -0.15) is 0 Å². The second-order valence-corrected chi connectivity index (χ2v) is 7.06. The molecule has 0 aromatic heterocycles. The minimum atomic E-state index is -0.861. The van der Waals surface area contributed by atoms with Gasteiger partial charge in [-0.1, -0.05) is 0 Å². The molecule has 0 radical (unpaired) electrons. The molecule has 2 aliphatic rings. The number of hydrogen-bond donors (Lipinski definition) is 0. The zero-order valence-electron chi connectivity index (χ0n) is 17.5. The maximum absolute atomic E-state index is 11.7. The highest BCUT2D eigenvalue weighted by molar-refractivity contribution is 5.96. The minimum absolute atomic E-state index is 0.223. The van der Waals surface area contributed by atoms with Crippen LogP contribution in [0.5, 0.6) is 0 Å². The Labute approximate surface area is 175 Å². The Kier molecular flexibility index (Phi) is 10.0. The maximum atomic E-state index is 11.7. The van der Waals surface area contributed by atoms with Gasteiger partial charge in [0.2, 0.25) is 0 Å². The molecular weight excluding hydrogens is 400 g/mol. The van der Waals surface area contributed by atoms with E-state index in [0.29, 0.717) is 13.2 Å². The van der Waals surface area contributed by atoms with Crippen LogP contribution >= 0.6 is 0 Å². The molecule has 0 amide bonds. The van der Waals surface area contributed by atoms with Crippen molar-refractivity contribution < 1.29 is 47.6 Å². The number of unbranched alkanes of at least 4 members (excludes halogenated alkanes) is 1. The molecule has 0 aliphatic carbocycles. The summed E-state index contributed by atoms with van der Waals surface area (Å²) in [4.78, 5) is 46.6. The molecule has 2 fully saturated rings. The van der Waals surface area contributed by atoms with Crippen LogP contribution in [-0.4, -0.2) is 75.7 Å². The van der Waals surface area contributed by atoms with Crippen LogP contribution < -0.4 is 0 Å². The molecule has 0 aromatic carbocycles. The van der Waals surface area contributed by atoms with Crippen LogP contribution in [0.2, 0.25) is 0 Å². The van der Waals surface area contributed by atoms with Crippen molar-refractivity contribution in [2.45, 2.75) is 51.7 Å². The van der Waals surface area contributed by atoms with Crippen molar-refractivity contribution in [2.75, 3.05) is 39.6 Å². The third-order valence-electron chi connectivity index (χ3n) is 4.71. The lowest BCUT2D eigenvalue weighted by Gasteiger charge is -2.11. The first-order valence-electron chi connectivity index (χ1n) is 10.4. The van der Waals surface area contributed by atoms with E-state index in [1.807, 2.05) is 0 Å². The van der Waals surface area contributed by atoms with E-state index in [1.165, 1.54) is 0 Å². The van der Waals surface area contributed by atoms with E-state index in [4.69, 9.17) is 28.4 Å². The van der Waals surface area contributed by atoms with Crippen molar-refractivity contribution in [3.05, 3.63) is 0 Å². The predicted molar refractivity (Wildman–Crippen MR) is 100 cm³/mol. The normalized spacial score (nSPS) is 25.7. The molecule has 0 aromatic rings. The van der Waals surface area contributed by atoms with Crippen molar-refractivity contribution in [3.63, 3.8) is 0 Å². The quantitative estimate of drug-likeness (QED) is 0.179. The third-order valence-corrected chi connectivity index (χ3v) is 4.71. The standard InChI is InChI=1S/C20H30O10/c1-3-27-17(21)15-9-13(29-19(15)23)11-25-7-5-6-8-26-12-14-10-16(20(24)30-14)18(22)28-4-2/h13-16H,3-12H2,1-2H3/t13?,14?,15-,16?/m1/s1. The zero-order chi connectivity index (χ0) is 21.9. The van der Waals surface area contributed by atoms with Gasteiger partial charge in [-0.15, -0.1) is 0 Å². The number of carbonyl (C=O) groups excluding carboxylic acids is 4. The average Bonchev–Trinajstić information content (AvgIpc) is 3.26. The molecule has 2 aliphatic heterocycles. The van der Waals surface area contributed by atoms with E-state index in [2.05, 4.69) is 0 Å². The summed E-state index contributed by atoms with van der Waals surface area (Å²) in [5, 5.41) is 0. The van der Waals surface area contributed by atoms with Crippen LogP contribution in [0.15, 0.2) is 0 Å². The second kappa shape index (κ2) is 12.5. The average molecular weight is 430 g/mol. The van der Waals surface area contributed by atoms with Crippen molar-refractivity contribution in [2.24, 2.45) is 11.8 Å². The minimum Gasteiger partial charge on any atom is -0.465 e. The Hall–Kier alpha value is -2.20. The molecule has 0 N–H and O–H groups in total. The number of cyclic esters (lactones) is 2. The number of carbonyl (C=O) groups is 4. The Balaban J connectivity index is 1.48. The van der Waals surface area contributed by atoms with E-state index >= 15 is 0 Å². The molecule has 170 valence electrons. The first-order chi connectivity index (χ1) is 14.5. The molecular formula is C20H30O10. The van der Waals surface area contributed by atoms with Crippen LogP contribution in [0.4, 0.5) is 0 Å². The fourth-order valence-electron chi connectivity index (χ4n) is 3.22. The van der Waals surface area contributed by atoms with Gasteiger partial charge in [-0.05, 0) is 26.7 Å². The monoisotopic (exact) mass is 430 g/mol. The van der Waals surface area contributed by atoms with Gasteiger partial charge in [0.05, 0.1) is 26.4 Å². The summed E-state index contributed by atoms with van der Waals surface area (Å²) < 4.78 is 31.0. The molecule has 10 heteroatoms. The van der Waals surface area contributed by atoms with Crippen LogP contribution in [0.1, 0.15) is 39.5 Å². The number of rotatable bonds is 13. The molecule has 4 atom stereocenters. The van der Waals surface area contributed by atoms with Crippen LogP contribution in [0.3, 0.4) is 0 Å². The number of ether oxygens (including phenoxy) is 6. The molecule has 3 unspecified atom stereocenters. The van der Waals surface area contributed by atoms with Crippen molar-refractivity contribution >= 4 is 23.9 Å². The summed E-state index contributed by atoms with van der Waals surface area (Å²) in [6.45, 7) is 5.20. The number of esters is 4. The fourth-order valence-corrected chi connectivity index (χ4v) is 3.22. The van der Waals surface area contributed by atoms with E-state index in [1.54, 1.807) is 13.8 Å². The highest BCUT2D eigenvalue weighted by Gasteiger charge is 2.41. The second-order valence-electron chi connectivity index (χ2n) is 7.06. The Morgan fingerprint density at radius 1 is 0.800 bits per heavy atom. The predicted octanol–water partition coefficient (Wildman–Crippen LogP) is 0.789. The van der Waals surface area contributed by atoms with Crippen molar-refractivity contribution in [1.29, 1.82) is 0 Å². The van der Waals surface area contributed by atoms with Gasteiger partial charge in [0.15, 0.2) is 11.8 Å². The summed E-state index contributed by atoms with van der Waals surface area (Å²) >= 11 is 0. The van der Waals surface area contributed by atoms with Gasteiger partial charge < -0.3 is 28.4 Å². The Bertz CT molecular complexity index is 552. The van der Waals surface area contributed by atoms with Crippen LogP contribution in [0, 0.1) is 11.8 Å². The van der Waals surface area contributed by atoms with E-state index in [0.717, 1.165) is 12.8 Å². The van der Waals surface area contributed by atoms with Crippen LogP contribution in [-0.2, 0) is 47.6 Å². The third kappa shape index (κ3) is 7.24. The smallest absolute Gasteiger partial charge is 0.320 e. The molecule has 10 nitrogen and oxygen atoms in total. The van der Waals surface area contributed by atoms with Gasteiger partial charge in [-0.3, -0.25) is 19.2 Å². The largest absolute Gasteiger partial charge is 0.465 e. The van der Waals surface area contributed by atoms with E-state index in [-0.39, 0.29) is 39.3 Å². The lowest BCUT2D eigenvalue weighted by atomic mass is 10.1. The molecule has 0 saturated carbocycles. The Morgan fingerprint density at radius 3 is 1.57 bits per heavy atom. The van der Waals surface area contributed by atoms with Crippen LogP contribution in [0.25, 0.3) is 0 Å². The van der Waals surface area contributed by atoms with E-state index in [9.17, 15) is 19.2 Å². The molecule has 30 heavy (non-hydrogen) atoms. The molecule has 2 heterocycles. The highest BCUT2D eigenvalue weighted by atomic mass is 16.6. The summed E-state index contributed by atoms with van der Waals surface area (Å²) in [5.41, 5.74) is 0. The van der Waals surface area contributed by atoms with E-state index < -0.39 is 47.9 Å². The van der Waals surface area contributed by atoms with Gasteiger partial charge >= 0.3 is 23.9 Å². The lowest BCUT2D eigenvalue weighted by molar-refractivity contribution is -0.158. The summed E-state index contributed by atoms with van der Waals surface area (Å²) in [6, 6.07) is 0. The topological polar surface area (TPSA) is 124 Å².